The van der Waals surface area contributed by atoms with E-state index in [4.69, 9.17) is 17.3 Å². The van der Waals surface area contributed by atoms with E-state index in [0.717, 1.165) is 6.42 Å². The molecule has 0 aromatic heterocycles. The Kier molecular flexibility index (Phi) is 4.36. The quantitative estimate of drug-likeness (QED) is 0.821. The Morgan fingerprint density at radius 3 is 2.79 bits per heavy atom. The van der Waals surface area contributed by atoms with Crippen LogP contribution in [0, 0.1) is 11.7 Å². The summed E-state index contributed by atoms with van der Waals surface area (Å²) >= 11 is 5.90. The minimum absolute atomic E-state index is 0.221. The molecule has 0 spiro atoms. The fourth-order valence-electron chi connectivity index (χ4n) is 1.46. The summed E-state index contributed by atoms with van der Waals surface area (Å²) in [5, 5.41) is 0.508. The second kappa shape index (κ2) is 5.32. The molecule has 1 aromatic rings. The predicted octanol–water partition coefficient (Wildman–Crippen LogP) is 3.01. The van der Waals surface area contributed by atoms with Gasteiger partial charge in [-0.3, -0.25) is 0 Å². The number of hydrogen-bond acceptors (Lipinski definition) is 1. The Morgan fingerprint density at radius 1 is 1.50 bits per heavy atom. The van der Waals surface area contributed by atoms with E-state index in [0.29, 0.717) is 29.5 Å². The highest BCUT2D eigenvalue weighted by atomic mass is 35.5. The number of halogens is 2. The third-order valence-electron chi connectivity index (χ3n) is 2.27. The van der Waals surface area contributed by atoms with E-state index in [1.807, 2.05) is 0 Å². The predicted molar refractivity (Wildman–Crippen MR) is 57.9 cm³/mol. The van der Waals surface area contributed by atoms with E-state index in [1.54, 1.807) is 12.1 Å². The Balaban J connectivity index is 2.75. The first-order valence-electron chi connectivity index (χ1n) is 4.78. The van der Waals surface area contributed by atoms with Crippen LogP contribution in [0.2, 0.25) is 5.02 Å². The van der Waals surface area contributed by atoms with Crippen molar-refractivity contribution >= 4 is 11.6 Å². The lowest BCUT2D eigenvalue weighted by Gasteiger charge is -2.11. The summed E-state index contributed by atoms with van der Waals surface area (Å²) in [4.78, 5) is 0. The van der Waals surface area contributed by atoms with Gasteiger partial charge in [-0.15, -0.1) is 0 Å². The van der Waals surface area contributed by atoms with Crippen LogP contribution in [0.4, 0.5) is 4.39 Å². The molecule has 0 aliphatic carbocycles. The molecule has 0 saturated carbocycles. The van der Waals surface area contributed by atoms with Crippen LogP contribution < -0.4 is 5.73 Å². The van der Waals surface area contributed by atoms with Crippen molar-refractivity contribution < 1.29 is 4.39 Å². The molecule has 0 heterocycles. The summed E-state index contributed by atoms with van der Waals surface area (Å²) in [7, 11) is 0. The largest absolute Gasteiger partial charge is 0.330 e. The average Bonchev–Trinajstić information content (AvgIpc) is 2.12. The second-order valence-corrected chi connectivity index (χ2v) is 3.99. The molecule has 1 rings (SSSR count). The molecule has 3 heteroatoms. The molecule has 0 saturated heterocycles. The number of nitrogens with two attached hydrogens (primary N) is 1. The third-order valence-corrected chi connectivity index (χ3v) is 2.63. The fourth-order valence-corrected chi connectivity index (χ4v) is 1.70. The van der Waals surface area contributed by atoms with Crippen LogP contribution in [0.1, 0.15) is 18.9 Å². The monoisotopic (exact) mass is 215 g/mol. The average molecular weight is 216 g/mol. The Morgan fingerprint density at radius 2 is 2.21 bits per heavy atom. The van der Waals surface area contributed by atoms with Crippen LogP contribution >= 0.6 is 11.6 Å². The Hall–Kier alpha value is -0.600. The first kappa shape index (κ1) is 11.5. The molecular weight excluding hydrogens is 201 g/mol. The molecule has 78 valence electrons. The molecule has 1 aromatic carbocycles. The molecule has 14 heavy (non-hydrogen) atoms. The maximum absolute atomic E-state index is 13.3. The molecule has 0 aliphatic rings. The second-order valence-electron chi connectivity index (χ2n) is 3.59. The van der Waals surface area contributed by atoms with E-state index >= 15 is 0 Å². The van der Waals surface area contributed by atoms with E-state index < -0.39 is 0 Å². The SMILES string of the molecule is CC(CCN)Cc1c(F)cccc1Cl. The smallest absolute Gasteiger partial charge is 0.127 e. The molecular formula is C11H15ClFN. The van der Waals surface area contributed by atoms with Crippen LogP contribution in [0.5, 0.6) is 0 Å². The van der Waals surface area contributed by atoms with Gasteiger partial charge in [-0.1, -0.05) is 24.6 Å². The van der Waals surface area contributed by atoms with Gasteiger partial charge in [-0.2, -0.15) is 0 Å². The molecule has 0 bridgehead atoms. The molecule has 1 nitrogen and oxygen atoms in total. The van der Waals surface area contributed by atoms with Gasteiger partial charge in [0, 0.05) is 10.6 Å². The topological polar surface area (TPSA) is 26.0 Å². The number of benzene rings is 1. The fraction of sp³-hybridized carbons (Fsp3) is 0.455. The maximum Gasteiger partial charge on any atom is 0.127 e. The molecule has 1 unspecified atom stereocenters. The zero-order valence-electron chi connectivity index (χ0n) is 8.26. The van der Waals surface area contributed by atoms with E-state index in [-0.39, 0.29) is 5.82 Å². The van der Waals surface area contributed by atoms with Crippen molar-refractivity contribution in [1.29, 1.82) is 0 Å². The third kappa shape index (κ3) is 2.96. The summed E-state index contributed by atoms with van der Waals surface area (Å²) < 4.78 is 13.3. The van der Waals surface area contributed by atoms with E-state index in [1.165, 1.54) is 6.07 Å². The number of rotatable bonds is 4. The zero-order chi connectivity index (χ0) is 10.6. The van der Waals surface area contributed by atoms with Gasteiger partial charge in [0.05, 0.1) is 0 Å². The van der Waals surface area contributed by atoms with Crippen molar-refractivity contribution in [3.05, 3.63) is 34.6 Å². The van der Waals surface area contributed by atoms with Gasteiger partial charge in [-0.05, 0) is 37.4 Å². The zero-order valence-corrected chi connectivity index (χ0v) is 9.02. The maximum atomic E-state index is 13.3. The lowest BCUT2D eigenvalue weighted by Crippen LogP contribution is -2.09. The molecule has 0 amide bonds. The minimum Gasteiger partial charge on any atom is -0.330 e. The van der Waals surface area contributed by atoms with Crippen molar-refractivity contribution in [1.82, 2.24) is 0 Å². The summed E-state index contributed by atoms with van der Waals surface area (Å²) in [5.74, 6) is 0.149. The summed E-state index contributed by atoms with van der Waals surface area (Å²) in [5.41, 5.74) is 6.04. The number of hydrogen-bond donors (Lipinski definition) is 1. The van der Waals surface area contributed by atoms with Crippen LogP contribution in [0.25, 0.3) is 0 Å². The summed E-state index contributed by atoms with van der Waals surface area (Å²) in [6, 6.07) is 4.78. The lowest BCUT2D eigenvalue weighted by molar-refractivity contribution is 0.516. The highest BCUT2D eigenvalue weighted by molar-refractivity contribution is 6.31. The highest BCUT2D eigenvalue weighted by Crippen LogP contribution is 2.22. The lowest BCUT2D eigenvalue weighted by atomic mass is 9.98. The van der Waals surface area contributed by atoms with Gasteiger partial charge < -0.3 is 5.73 Å². The molecule has 0 aliphatic heterocycles. The van der Waals surface area contributed by atoms with Gasteiger partial charge in [0.15, 0.2) is 0 Å². The van der Waals surface area contributed by atoms with Gasteiger partial charge in [0.2, 0.25) is 0 Å². The van der Waals surface area contributed by atoms with E-state index in [9.17, 15) is 4.39 Å². The van der Waals surface area contributed by atoms with Crippen LogP contribution in [-0.2, 0) is 6.42 Å². The van der Waals surface area contributed by atoms with Gasteiger partial charge >= 0.3 is 0 Å². The van der Waals surface area contributed by atoms with Crippen molar-refractivity contribution in [3.63, 3.8) is 0 Å². The Bertz CT molecular complexity index is 281. The van der Waals surface area contributed by atoms with Crippen LogP contribution in [-0.4, -0.2) is 6.54 Å². The summed E-state index contributed by atoms with van der Waals surface area (Å²) in [6.45, 7) is 2.68. The van der Waals surface area contributed by atoms with Gasteiger partial charge in [-0.25, -0.2) is 4.39 Å². The van der Waals surface area contributed by atoms with Gasteiger partial charge in [0.25, 0.3) is 0 Å². The highest BCUT2D eigenvalue weighted by Gasteiger charge is 2.10. The van der Waals surface area contributed by atoms with Crippen LogP contribution in [0.15, 0.2) is 18.2 Å². The molecule has 1 atom stereocenters. The van der Waals surface area contributed by atoms with Crippen molar-refractivity contribution in [2.75, 3.05) is 6.54 Å². The van der Waals surface area contributed by atoms with Crippen molar-refractivity contribution in [3.8, 4) is 0 Å². The standard InChI is InChI=1S/C11H15ClFN/c1-8(5-6-14)7-9-10(12)3-2-4-11(9)13/h2-4,8H,5-7,14H2,1H3. The summed E-state index contributed by atoms with van der Waals surface area (Å²) in [6.07, 6.45) is 1.55. The van der Waals surface area contributed by atoms with Gasteiger partial charge in [0.1, 0.15) is 5.82 Å². The first-order chi connectivity index (χ1) is 6.65. The van der Waals surface area contributed by atoms with Crippen molar-refractivity contribution in [2.24, 2.45) is 11.7 Å². The minimum atomic E-state index is -0.221. The van der Waals surface area contributed by atoms with E-state index in [2.05, 4.69) is 6.92 Å². The Labute approximate surface area is 89.1 Å². The normalized spacial score (nSPS) is 12.9. The van der Waals surface area contributed by atoms with Crippen LogP contribution in [0.3, 0.4) is 0 Å². The first-order valence-corrected chi connectivity index (χ1v) is 5.16. The molecule has 0 fully saturated rings. The molecule has 2 N–H and O–H groups in total. The molecule has 0 radical (unpaired) electrons. The van der Waals surface area contributed by atoms with Crippen molar-refractivity contribution in [2.45, 2.75) is 19.8 Å².